The zero-order valence-electron chi connectivity index (χ0n) is 15.7. The third kappa shape index (κ3) is 4.43. The Balaban J connectivity index is 1.40. The van der Waals surface area contributed by atoms with E-state index < -0.39 is 11.0 Å². The third-order valence-corrected chi connectivity index (χ3v) is 4.75. The van der Waals surface area contributed by atoms with E-state index in [4.69, 9.17) is 18.9 Å². The van der Waals surface area contributed by atoms with Gasteiger partial charge in [0.15, 0.2) is 6.10 Å². The van der Waals surface area contributed by atoms with E-state index >= 15 is 0 Å². The van der Waals surface area contributed by atoms with Gasteiger partial charge in [-0.1, -0.05) is 12.1 Å². The fourth-order valence-corrected chi connectivity index (χ4v) is 3.05. The molecule has 4 rings (SSSR count). The Kier molecular flexibility index (Phi) is 5.65. The minimum atomic E-state index is -0.575. The Bertz CT molecular complexity index is 1060. The molecule has 30 heavy (non-hydrogen) atoms. The topological polar surface area (TPSA) is 124 Å². The van der Waals surface area contributed by atoms with Gasteiger partial charge in [-0.25, -0.2) is 4.98 Å². The molecular formula is C18H16BrN5O6. The first-order valence-electron chi connectivity index (χ1n) is 8.81. The zero-order valence-corrected chi connectivity index (χ0v) is 17.3. The van der Waals surface area contributed by atoms with Gasteiger partial charge in [-0.2, -0.15) is 4.98 Å². The van der Waals surface area contributed by atoms with Crippen molar-refractivity contribution < 1.29 is 23.9 Å². The summed E-state index contributed by atoms with van der Waals surface area (Å²) in [5.74, 6) is 0.810. The maximum absolute atomic E-state index is 10.9. The number of halogens is 1. The third-order valence-electron chi connectivity index (χ3n) is 4.21. The number of rotatable bonds is 7. The molecule has 1 aliphatic heterocycles. The van der Waals surface area contributed by atoms with Gasteiger partial charge in [-0.05, 0) is 38.5 Å². The fraction of sp³-hybridized carbons (Fsp3) is 0.278. The van der Waals surface area contributed by atoms with Gasteiger partial charge in [-0.15, -0.1) is 0 Å². The summed E-state index contributed by atoms with van der Waals surface area (Å²) in [5, 5.41) is 10.9. The van der Waals surface area contributed by atoms with Crippen molar-refractivity contribution in [3.63, 3.8) is 0 Å². The molecule has 0 N–H and O–H groups in total. The highest BCUT2D eigenvalue weighted by Gasteiger charge is 2.29. The molecule has 156 valence electrons. The highest BCUT2D eigenvalue weighted by Crippen LogP contribution is 2.27. The second-order valence-corrected chi connectivity index (χ2v) is 7.14. The van der Waals surface area contributed by atoms with E-state index in [0.717, 1.165) is 11.3 Å². The summed E-state index contributed by atoms with van der Waals surface area (Å²) in [6, 6.07) is 7.77. The number of benzene rings is 1. The number of nitrogens with zero attached hydrogens (tertiary/aromatic N) is 5. The van der Waals surface area contributed by atoms with Crippen LogP contribution in [0, 0.1) is 10.1 Å². The number of methoxy groups -OCH3 is 1. The number of hydrogen-bond acceptors (Lipinski definition) is 9. The molecule has 0 saturated heterocycles. The van der Waals surface area contributed by atoms with E-state index in [1.807, 2.05) is 24.3 Å². The normalized spacial score (nSPS) is 15.1. The maximum atomic E-state index is 10.9. The molecule has 0 bridgehead atoms. The molecule has 0 amide bonds. The summed E-state index contributed by atoms with van der Waals surface area (Å²) >= 11 is 3.36. The number of imidazole rings is 1. The Morgan fingerprint density at radius 1 is 1.33 bits per heavy atom. The van der Waals surface area contributed by atoms with E-state index in [2.05, 4.69) is 30.9 Å². The molecular weight excluding hydrogens is 462 g/mol. The van der Waals surface area contributed by atoms with Crippen molar-refractivity contribution in [2.24, 2.45) is 0 Å². The fourth-order valence-electron chi connectivity index (χ4n) is 2.75. The van der Waals surface area contributed by atoms with Crippen LogP contribution in [0.1, 0.15) is 5.56 Å². The van der Waals surface area contributed by atoms with Crippen molar-refractivity contribution >= 4 is 21.7 Å². The van der Waals surface area contributed by atoms with E-state index in [9.17, 15) is 10.1 Å². The van der Waals surface area contributed by atoms with Gasteiger partial charge >= 0.3 is 17.8 Å². The monoisotopic (exact) mass is 477 g/mol. The lowest BCUT2D eigenvalue weighted by atomic mass is 10.2. The summed E-state index contributed by atoms with van der Waals surface area (Å²) in [6.07, 6.45) is 2.39. The molecule has 11 nitrogen and oxygen atoms in total. The van der Waals surface area contributed by atoms with Crippen LogP contribution >= 0.6 is 15.9 Å². The number of aromatic nitrogens is 4. The Hall–Kier alpha value is -3.41. The van der Waals surface area contributed by atoms with Crippen molar-refractivity contribution in [3.05, 3.63) is 56.8 Å². The highest BCUT2D eigenvalue weighted by molar-refractivity contribution is 9.10. The second-order valence-electron chi connectivity index (χ2n) is 6.28. The summed E-state index contributed by atoms with van der Waals surface area (Å²) in [5.41, 5.74) is 0.943. The van der Waals surface area contributed by atoms with Crippen LogP contribution in [0.3, 0.4) is 0 Å². The van der Waals surface area contributed by atoms with Crippen LogP contribution in [0.2, 0.25) is 0 Å². The molecule has 1 aliphatic rings. The Morgan fingerprint density at radius 2 is 2.13 bits per heavy atom. The van der Waals surface area contributed by atoms with Gasteiger partial charge < -0.3 is 29.1 Å². The van der Waals surface area contributed by atoms with Gasteiger partial charge in [0.05, 0.1) is 24.3 Å². The van der Waals surface area contributed by atoms with Crippen LogP contribution in [0.15, 0.2) is 41.1 Å². The zero-order chi connectivity index (χ0) is 21.1. The quantitative estimate of drug-likeness (QED) is 0.373. The molecule has 0 aliphatic carbocycles. The number of ether oxygens (including phenoxy) is 4. The second kappa shape index (κ2) is 8.53. The van der Waals surface area contributed by atoms with Crippen LogP contribution in [0.4, 0.5) is 5.82 Å². The van der Waals surface area contributed by atoms with Crippen molar-refractivity contribution in [1.82, 2.24) is 19.5 Å². The van der Waals surface area contributed by atoms with Gasteiger partial charge in [0, 0.05) is 4.98 Å². The first-order valence-corrected chi connectivity index (χ1v) is 9.60. The first kappa shape index (κ1) is 19.9. The van der Waals surface area contributed by atoms with E-state index in [1.165, 1.54) is 17.0 Å². The number of hydrogen-bond donors (Lipinski definition) is 0. The lowest BCUT2D eigenvalue weighted by molar-refractivity contribution is -0.389. The van der Waals surface area contributed by atoms with Crippen molar-refractivity contribution in [2.75, 3.05) is 13.7 Å². The lowest BCUT2D eigenvalue weighted by Crippen LogP contribution is -2.35. The van der Waals surface area contributed by atoms with Crippen LogP contribution in [0.5, 0.6) is 23.7 Å². The van der Waals surface area contributed by atoms with Gasteiger partial charge in [0.1, 0.15) is 25.2 Å². The molecule has 3 heterocycles. The molecule has 3 aromatic rings. The number of fused-ring (bicyclic) bond motifs is 1. The molecule has 0 unspecified atom stereocenters. The SMILES string of the molecule is COc1ccc(COc2nc(O[C@@H]3COc4nc([N+](=O)[O-])cn4C3)ncc2Br)cc1. The van der Waals surface area contributed by atoms with Gasteiger partial charge in [-0.3, -0.25) is 4.57 Å². The van der Waals surface area contributed by atoms with Crippen LogP contribution in [-0.4, -0.2) is 44.3 Å². The molecule has 0 radical (unpaired) electrons. The molecule has 1 atom stereocenters. The highest BCUT2D eigenvalue weighted by atomic mass is 79.9. The van der Waals surface area contributed by atoms with Crippen molar-refractivity contribution in [2.45, 2.75) is 19.3 Å². The van der Waals surface area contributed by atoms with Crippen LogP contribution in [0.25, 0.3) is 0 Å². The van der Waals surface area contributed by atoms with Gasteiger partial charge in [0.2, 0.25) is 5.88 Å². The molecule has 1 aromatic carbocycles. The van der Waals surface area contributed by atoms with Crippen molar-refractivity contribution in [1.29, 1.82) is 0 Å². The van der Waals surface area contributed by atoms with Gasteiger partial charge in [0.25, 0.3) is 0 Å². The smallest absolute Gasteiger partial charge is 0.414 e. The predicted molar refractivity (Wildman–Crippen MR) is 106 cm³/mol. The van der Waals surface area contributed by atoms with E-state index in [0.29, 0.717) is 23.5 Å². The Morgan fingerprint density at radius 3 is 2.87 bits per heavy atom. The standard InChI is InChI=1S/C18H16BrN5O6/c1-27-12-4-2-11(3-5-12)9-28-16-14(19)6-20-17(22-16)30-13-7-23-8-15(24(25)26)21-18(23)29-10-13/h2-6,8,13H,7,9-10H2,1H3/t13-/m0/s1. The van der Waals surface area contributed by atoms with E-state index in [1.54, 1.807) is 7.11 Å². The summed E-state index contributed by atoms with van der Waals surface area (Å²) in [6.45, 7) is 0.779. The molecule has 12 heteroatoms. The summed E-state index contributed by atoms with van der Waals surface area (Å²) in [7, 11) is 1.61. The first-order chi connectivity index (χ1) is 14.5. The molecule has 0 spiro atoms. The summed E-state index contributed by atoms with van der Waals surface area (Å²) < 4.78 is 24.2. The predicted octanol–water partition coefficient (Wildman–Crippen LogP) is 2.77. The Labute approximate surface area is 178 Å². The van der Waals surface area contributed by atoms with E-state index in [-0.39, 0.29) is 24.4 Å². The minimum Gasteiger partial charge on any atom is -0.497 e. The molecule has 2 aromatic heterocycles. The average Bonchev–Trinajstić information content (AvgIpc) is 3.18. The summed E-state index contributed by atoms with van der Waals surface area (Å²) in [4.78, 5) is 22.5. The van der Waals surface area contributed by atoms with Crippen LogP contribution in [-0.2, 0) is 13.2 Å². The van der Waals surface area contributed by atoms with Crippen LogP contribution < -0.4 is 18.9 Å². The maximum Gasteiger partial charge on any atom is 0.414 e. The molecule has 0 saturated carbocycles. The lowest BCUT2D eigenvalue weighted by Gasteiger charge is -2.22. The largest absolute Gasteiger partial charge is 0.497 e. The minimum absolute atomic E-state index is 0.106. The number of nitro groups is 1. The molecule has 0 fully saturated rings. The average molecular weight is 478 g/mol. The van der Waals surface area contributed by atoms with Crippen molar-refractivity contribution in [3.8, 4) is 23.7 Å².